The molecule has 0 unspecified atom stereocenters. The zero-order valence-electron chi connectivity index (χ0n) is 52.9. The van der Waals surface area contributed by atoms with Crippen LogP contribution in [0.4, 0.5) is 0 Å². The lowest BCUT2D eigenvalue weighted by Gasteiger charge is -2.22. The molecule has 6 nitrogen and oxygen atoms in total. The van der Waals surface area contributed by atoms with Crippen LogP contribution >= 0.6 is 0 Å². The smallest absolute Gasteiger partial charge is 0.164 e. The largest absolute Gasteiger partial charge is 0.309 e. The van der Waals surface area contributed by atoms with Crippen LogP contribution in [0.2, 0.25) is 0 Å². The van der Waals surface area contributed by atoms with Gasteiger partial charge in [0, 0.05) is 61.1 Å². The number of rotatable bonds is 9. The minimum atomic E-state index is 0.573. The Labute approximate surface area is 520 Å². The van der Waals surface area contributed by atoms with Crippen molar-refractivity contribution in [3.63, 3.8) is 0 Å². The van der Waals surface area contributed by atoms with Crippen molar-refractivity contribution < 1.29 is 0 Å². The molecule has 0 aliphatic carbocycles. The average molecular weight is 1150 g/mol. The highest BCUT2D eigenvalue weighted by Gasteiger charge is 2.26. The van der Waals surface area contributed by atoms with Gasteiger partial charge in [0.1, 0.15) is 0 Å². The van der Waals surface area contributed by atoms with Crippen molar-refractivity contribution in [3.05, 3.63) is 277 Å². The van der Waals surface area contributed by atoms with Crippen LogP contribution in [-0.4, -0.2) is 29.1 Å². The molecule has 14 aromatic rings. The molecule has 10 aromatic carbocycles. The van der Waals surface area contributed by atoms with Gasteiger partial charge in [-0.1, -0.05) is 240 Å². The third-order valence-electron chi connectivity index (χ3n) is 15.5. The number of para-hydroxylation sites is 2. The van der Waals surface area contributed by atoms with Crippen molar-refractivity contribution in [1.82, 2.24) is 29.1 Å². The topological polar surface area (TPSA) is 61.4 Å². The van der Waals surface area contributed by atoms with Gasteiger partial charge in [0.2, 0.25) is 0 Å². The fraction of sp³-hybridized carbons (Fsp3) is 0.146. The number of hydrogen-bond donors (Lipinski definition) is 0. The summed E-state index contributed by atoms with van der Waals surface area (Å²) in [7, 11) is 0. The van der Waals surface area contributed by atoms with Gasteiger partial charge in [0.25, 0.3) is 0 Å². The maximum atomic E-state index is 5.31. The van der Waals surface area contributed by atoms with Gasteiger partial charge in [-0.15, -0.1) is 0 Å². The fourth-order valence-corrected chi connectivity index (χ4v) is 11.9. The second-order valence-corrected chi connectivity index (χ2v) is 21.3. The van der Waals surface area contributed by atoms with Gasteiger partial charge >= 0.3 is 0 Å². The third-order valence-corrected chi connectivity index (χ3v) is 15.5. The van der Waals surface area contributed by atoms with Crippen molar-refractivity contribution in [3.8, 4) is 90.2 Å². The van der Waals surface area contributed by atoms with Gasteiger partial charge in [-0.05, 0) is 137 Å². The highest BCUT2D eigenvalue weighted by atomic mass is 15.0. The average Bonchev–Trinajstić information content (AvgIpc) is 1.88. The highest BCUT2D eigenvalue weighted by Crippen LogP contribution is 2.47. The van der Waals surface area contributed by atoms with Crippen LogP contribution in [0.15, 0.2) is 255 Å². The van der Waals surface area contributed by atoms with Crippen molar-refractivity contribution >= 4 is 43.6 Å². The quantitative estimate of drug-likeness (QED) is 0.135. The predicted molar refractivity (Wildman–Crippen MR) is 378 cm³/mol. The van der Waals surface area contributed by atoms with Crippen LogP contribution in [0.3, 0.4) is 0 Å². The first-order valence-corrected chi connectivity index (χ1v) is 31.1. The zero-order chi connectivity index (χ0) is 61.8. The van der Waals surface area contributed by atoms with E-state index in [9.17, 15) is 0 Å². The molecular formula is C82H78N6. The Bertz CT molecular complexity index is 4640. The number of aromatic nitrogens is 6. The Kier molecular flexibility index (Phi) is 19.2. The van der Waals surface area contributed by atoms with E-state index in [2.05, 4.69) is 231 Å². The molecule has 0 saturated heterocycles. The van der Waals surface area contributed by atoms with Gasteiger partial charge < -0.3 is 9.13 Å². The minimum absolute atomic E-state index is 0.573. The van der Waals surface area contributed by atoms with Crippen LogP contribution in [0.1, 0.15) is 77.6 Å². The molecule has 14 rings (SSSR count). The maximum absolute atomic E-state index is 5.31. The number of fused-ring (bicyclic) bond motifs is 6. The van der Waals surface area contributed by atoms with E-state index < -0.39 is 0 Å². The second kappa shape index (κ2) is 27.8. The summed E-state index contributed by atoms with van der Waals surface area (Å²) in [5.41, 5.74) is 22.8. The van der Waals surface area contributed by atoms with Crippen molar-refractivity contribution in [2.45, 2.75) is 83.1 Å². The molecule has 0 fully saturated rings. The van der Waals surface area contributed by atoms with Crippen LogP contribution < -0.4 is 0 Å². The first-order chi connectivity index (χ1) is 43.2. The molecule has 0 aliphatic rings. The molecule has 0 radical (unpaired) electrons. The lowest BCUT2D eigenvalue weighted by atomic mass is 9.92. The number of nitrogens with zero attached hydrogens (tertiary/aromatic N) is 6. The molecule has 0 atom stereocenters. The molecule has 0 bridgehead atoms. The van der Waals surface area contributed by atoms with Crippen molar-refractivity contribution in [2.24, 2.45) is 0 Å². The van der Waals surface area contributed by atoms with E-state index in [0.717, 1.165) is 72.5 Å². The van der Waals surface area contributed by atoms with Crippen LogP contribution in [-0.2, 0) is 0 Å². The van der Waals surface area contributed by atoms with Crippen LogP contribution in [0, 0.1) is 27.7 Å². The predicted octanol–water partition coefficient (Wildman–Crippen LogP) is 23.0. The maximum Gasteiger partial charge on any atom is 0.164 e. The normalized spacial score (nSPS) is 10.9. The van der Waals surface area contributed by atoms with E-state index >= 15 is 0 Å². The lowest BCUT2D eigenvalue weighted by molar-refractivity contribution is 1.07. The second-order valence-electron chi connectivity index (χ2n) is 21.3. The first kappa shape index (κ1) is 60.8. The summed E-state index contributed by atoms with van der Waals surface area (Å²) < 4.78 is 4.91. The molecule has 0 amide bonds. The number of pyridine rings is 1. The van der Waals surface area contributed by atoms with Gasteiger partial charge in [-0.2, -0.15) is 0 Å². The molecule has 436 valence electrons. The molecule has 88 heavy (non-hydrogen) atoms. The monoisotopic (exact) mass is 1150 g/mol. The Hall–Kier alpha value is -10.3. The summed E-state index contributed by atoms with van der Waals surface area (Å²) in [6.07, 6.45) is 5.89. The molecule has 4 aromatic heterocycles. The standard InChI is InChI=1S/C72H52N6.C4H8.3C2H6/c1-45-36-46(2)39-54(38-45)51-29-32-65-59(42-51)56-22-11-13-26-63(56)77(65)67-34-31-53(72-75-70(49-18-7-5-8-19-49)74-71(76-72)50-20-9-6-10-21-50)44-61(67)69-58(62-25-15-16-35-73-62)24-17-28-68(69)78-64-27-14-12-23-57(64)60-43-52(30-33-66(60)78)55-40-47(3)37-48(4)41-55;1-3-4-2;3*1-2/h5-44H,1-4H3;3-4H,1-2H3;3*1-2H3/b;4-3-;;;. The van der Waals surface area contributed by atoms with Gasteiger partial charge in [0.05, 0.1) is 39.1 Å². The van der Waals surface area contributed by atoms with Gasteiger partial charge in [-0.25, -0.2) is 15.0 Å². The van der Waals surface area contributed by atoms with Crippen molar-refractivity contribution in [2.75, 3.05) is 0 Å². The third kappa shape index (κ3) is 12.2. The molecular weight excluding hydrogens is 1070 g/mol. The van der Waals surface area contributed by atoms with Gasteiger partial charge in [-0.3, -0.25) is 4.98 Å². The molecule has 0 saturated carbocycles. The minimum Gasteiger partial charge on any atom is -0.309 e. The zero-order valence-corrected chi connectivity index (χ0v) is 52.9. The molecule has 0 spiro atoms. The number of hydrogen-bond acceptors (Lipinski definition) is 4. The Morgan fingerprint density at radius 1 is 0.295 bits per heavy atom. The summed E-state index contributed by atoms with van der Waals surface area (Å²) in [4.78, 5) is 20.8. The van der Waals surface area contributed by atoms with E-state index in [-0.39, 0.29) is 0 Å². The number of allylic oxidation sites excluding steroid dienone is 2. The fourth-order valence-electron chi connectivity index (χ4n) is 11.9. The van der Waals surface area contributed by atoms with E-state index in [4.69, 9.17) is 19.9 Å². The Balaban J connectivity index is 0.000000809. The van der Waals surface area contributed by atoms with Crippen LogP contribution in [0.25, 0.3) is 134 Å². The van der Waals surface area contributed by atoms with Crippen LogP contribution in [0.5, 0.6) is 0 Å². The summed E-state index contributed by atoms with van der Waals surface area (Å²) in [6.45, 7) is 24.7. The Morgan fingerprint density at radius 2 is 0.716 bits per heavy atom. The first-order valence-electron chi connectivity index (χ1n) is 31.1. The van der Waals surface area contributed by atoms with E-state index in [0.29, 0.717) is 17.5 Å². The molecule has 4 heterocycles. The molecule has 0 aliphatic heterocycles. The van der Waals surface area contributed by atoms with E-state index in [1.807, 2.05) is 116 Å². The van der Waals surface area contributed by atoms with Gasteiger partial charge in [0.15, 0.2) is 17.5 Å². The lowest BCUT2D eigenvalue weighted by Crippen LogP contribution is -2.05. The molecule has 6 heteroatoms. The summed E-state index contributed by atoms with van der Waals surface area (Å²) in [5.74, 6) is 1.78. The summed E-state index contributed by atoms with van der Waals surface area (Å²) in [5, 5.41) is 4.71. The molecule has 0 N–H and O–H groups in total. The SMILES string of the molecule is C/C=C\C.CC.CC.CC.Cc1cc(C)cc(-c2ccc3c(c2)c2ccccc2n3-c2ccc(-c3nc(-c4ccccc4)nc(-c4ccccc4)n3)cc2-c2c(-c3ccccn3)cccc2-n2c3ccccc3c3cc(-c4cc(C)cc(C)c4)ccc32)c1. The highest BCUT2D eigenvalue weighted by molar-refractivity contribution is 6.13. The van der Waals surface area contributed by atoms with Crippen molar-refractivity contribution in [1.29, 1.82) is 0 Å². The summed E-state index contributed by atoms with van der Waals surface area (Å²) in [6, 6.07) is 85.1. The number of aryl methyl sites for hydroxylation is 4. The number of benzene rings is 10. The van der Waals surface area contributed by atoms with E-state index in [1.165, 1.54) is 66.1 Å². The summed E-state index contributed by atoms with van der Waals surface area (Å²) >= 11 is 0. The Morgan fingerprint density at radius 3 is 1.18 bits per heavy atom. The van der Waals surface area contributed by atoms with E-state index in [1.54, 1.807) is 0 Å².